The maximum atomic E-state index is 5.20. The van der Waals surface area contributed by atoms with Crippen molar-refractivity contribution in [3.8, 4) is 5.75 Å². The highest BCUT2D eigenvalue weighted by molar-refractivity contribution is 5.47. The van der Waals surface area contributed by atoms with Crippen LogP contribution in [0.4, 0.5) is 5.82 Å². The molecule has 0 unspecified atom stereocenters. The standard InChI is InChI=1S/C21H28N6O/c1-21(2,3)20-24-23-18-9-10-19(25-27(18)20)26-13-16(14-26)12-22-11-15-5-7-17(28-4)8-6-15/h5-10,16,22H,11-14H2,1-4H3. The Morgan fingerprint density at radius 3 is 2.50 bits per heavy atom. The predicted molar refractivity (Wildman–Crippen MR) is 110 cm³/mol. The van der Waals surface area contributed by atoms with Crippen molar-refractivity contribution >= 4 is 11.5 Å². The summed E-state index contributed by atoms with van der Waals surface area (Å²) in [6, 6.07) is 12.2. The largest absolute Gasteiger partial charge is 0.497 e. The van der Waals surface area contributed by atoms with Gasteiger partial charge in [0, 0.05) is 37.5 Å². The second kappa shape index (κ2) is 7.39. The number of rotatable bonds is 6. The summed E-state index contributed by atoms with van der Waals surface area (Å²) in [4.78, 5) is 2.31. The number of anilines is 1. The van der Waals surface area contributed by atoms with Gasteiger partial charge in [0.25, 0.3) is 0 Å². The van der Waals surface area contributed by atoms with Crippen LogP contribution < -0.4 is 15.0 Å². The van der Waals surface area contributed by atoms with Crippen LogP contribution in [0.25, 0.3) is 5.65 Å². The SMILES string of the molecule is COc1ccc(CNCC2CN(c3ccc4nnc(C(C)(C)C)n4n3)C2)cc1. The highest BCUT2D eigenvalue weighted by Crippen LogP contribution is 2.25. The summed E-state index contributed by atoms with van der Waals surface area (Å²) in [6.07, 6.45) is 0. The Morgan fingerprint density at radius 1 is 1.07 bits per heavy atom. The average molecular weight is 380 g/mol. The van der Waals surface area contributed by atoms with Crippen LogP contribution in [-0.2, 0) is 12.0 Å². The molecule has 0 saturated carbocycles. The number of benzene rings is 1. The molecule has 4 rings (SSSR count). The Balaban J connectivity index is 1.31. The smallest absolute Gasteiger partial charge is 0.178 e. The molecule has 148 valence electrons. The number of methoxy groups -OCH3 is 1. The van der Waals surface area contributed by atoms with E-state index in [2.05, 4.69) is 53.3 Å². The lowest BCUT2D eigenvalue weighted by molar-refractivity contribution is 0.380. The molecule has 1 fully saturated rings. The molecule has 1 aliphatic heterocycles. The normalized spacial score (nSPS) is 15.1. The lowest BCUT2D eigenvalue weighted by Crippen LogP contribution is -2.51. The number of aromatic nitrogens is 4. The van der Waals surface area contributed by atoms with Crippen molar-refractivity contribution in [1.82, 2.24) is 25.1 Å². The van der Waals surface area contributed by atoms with Crippen molar-refractivity contribution in [2.75, 3.05) is 31.6 Å². The summed E-state index contributed by atoms with van der Waals surface area (Å²) in [5.74, 6) is 3.41. The number of nitrogens with zero attached hydrogens (tertiary/aromatic N) is 5. The Hall–Kier alpha value is -2.67. The molecular formula is C21H28N6O. The van der Waals surface area contributed by atoms with E-state index >= 15 is 0 Å². The molecule has 1 N–H and O–H groups in total. The van der Waals surface area contributed by atoms with E-state index in [-0.39, 0.29) is 5.41 Å². The van der Waals surface area contributed by atoms with Gasteiger partial charge in [-0.05, 0) is 29.8 Å². The monoisotopic (exact) mass is 380 g/mol. The Bertz CT molecular complexity index is 938. The molecule has 0 atom stereocenters. The number of hydrogen-bond acceptors (Lipinski definition) is 6. The molecule has 3 aromatic rings. The molecule has 0 spiro atoms. The summed E-state index contributed by atoms with van der Waals surface area (Å²) in [6.45, 7) is 10.3. The lowest BCUT2D eigenvalue weighted by Gasteiger charge is -2.40. The first-order valence-electron chi connectivity index (χ1n) is 9.75. The fourth-order valence-corrected chi connectivity index (χ4v) is 3.47. The van der Waals surface area contributed by atoms with Crippen LogP contribution in [0.1, 0.15) is 32.2 Å². The highest BCUT2D eigenvalue weighted by Gasteiger charge is 2.28. The van der Waals surface area contributed by atoms with Gasteiger partial charge < -0.3 is 15.0 Å². The van der Waals surface area contributed by atoms with Crippen LogP contribution in [0.3, 0.4) is 0 Å². The molecule has 7 heteroatoms. The van der Waals surface area contributed by atoms with E-state index in [9.17, 15) is 0 Å². The molecule has 0 amide bonds. The van der Waals surface area contributed by atoms with Gasteiger partial charge in [-0.25, -0.2) is 0 Å². The van der Waals surface area contributed by atoms with Crippen molar-refractivity contribution in [2.24, 2.45) is 5.92 Å². The molecule has 28 heavy (non-hydrogen) atoms. The summed E-state index contributed by atoms with van der Waals surface area (Å²) in [5.41, 5.74) is 1.98. The van der Waals surface area contributed by atoms with Gasteiger partial charge in [0.1, 0.15) is 11.6 Å². The van der Waals surface area contributed by atoms with E-state index in [1.54, 1.807) is 7.11 Å². The van der Waals surface area contributed by atoms with Crippen molar-refractivity contribution in [2.45, 2.75) is 32.7 Å². The minimum atomic E-state index is -0.0894. The summed E-state index contributed by atoms with van der Waals surface area (Å²) in [5, 5.41) is 16.9. The molecular weight excluding hydrogens is 352 g/mol. The Labute approximate surface area is 165 Å². The van der Waals surface area contributed by atoms with Gasteiger partial charge in [-0.15, -0.1) is 15.3 Å². The van der Waals surface area contributed by atoms with E-state index < -0.39 is 0 Å². The summed E-state index contributed by atoms with van der Waals surface area (Å²) in [7, 11) is 1.69. The van der Waals surface area contributed by atoms with E-state index in [0.29, 0.717) is 5.92 Å². The second-order valence-corrected chi connectivity index (χ2v) is 8.49. The van der Waals surface area contributed by atoms with Gasteiger partial charge in [-0.3, -0.25) is 0 Å². The number of fused-ring (bicyclic) bond motifs is 1. The third-order valence-electron chi connectivity index (χ3n) is 5.12. The third-order valence-corrected chi connectivity index (χ3v) is 5.12. The Kier molecular flexibility index (Phi) is 4.93. The third kappa shape index (κ3) is 3.80. The lowest BCUT2D eigenvalue weighted by atomic mass is 9.96. The fourth-order valence-electron chi connectivity index (χ4n) is 3.47. The maximum Gasteiger partial charge on any atom is 0.178 e. The van der Waals surface area contributed by atoms with Gasteiger partial charge in [0.15, 0.2) is 11.5 Å². The van der Waals surface area contributed by atoms with Crippen molar-refractivity contribution in [3.05, 3.63) is 47.8 Å². The minimum Gasteiger partial charge on any atom is -0.497 e. The van der Waals surface area contributed by atoms with E-state index in [0.717, 1.165) is 49.2 Å². The van der Waals surface area contributed by atoms with Crippen LogP contribution in [0.2, 0.25) is 0 Å². The summed E-state index contributed by atoms with van der Waals surface area (Å²) >= 11 is 0. The Morgan fingerprint density at radius 2 is 1.82 bits per heavy atom. The molecule has 2 aromatic heterocycles. The molecule has 1 aliphatic rings. The van der Waals surface area contributed by atoms with Gasteiger partial charge in [-0.2, -0.15) is 4.52 Å². The molecule has 1 saturated heterocycles. The molecule has 0 radical (unpaired) electrons. The second-order valence-electron chi connectivity index (χ2n) is 8.49. The summed E-state index contributed by atoms with van der Waals surface area (Å²) < 4.78 is 7.08. The topological polar surface area (TPSA) is 67.6 Å². The number of ether oxygens (including phenoxy) is 1. The van der Waals surface area contributed by atoms with Crippen molar-refractivity contribution < 1.29 is 4.74 Å². The van der Waals surface area contributed by atoms with Crippen LogP contribution in [0.15, 0.2) is 36.4 Å². The molecule has 1 aromatic carbocycles. The molecule has 0 bridgehead atoms. The minimum absolute atomic E-state index is 0.0894. The van der Waals surface area contributed by atoms with Gasteiger partial charge >= 0.3 is 0 Å². The first kappa shape index (κ1) is 18.7. The van der Waals surface area contributed by atoms with Crippen LogP contribution in [-0.4, -0.2) is 46.6 Å². The first-order chi connectivity index (χ1) is 13.4. The van der Waals surface area contributed by atoms with Gasteiger partial charge in [0.2, 0.25) is 0 Å². The fraction of sp³-hybridized carbons (Fsp3) is 0.476. The van der Waals surface area contributed by atoms with Gasteiger partial charge in [-0.1, -0.05) is 32.9 Å². The number of hydrogen-bond donors (Lipinski definition) is 1. The first-order valence-corrected chi connectivity index (χ1v) is 9.75. The zero-order chi connectivity index (χ0) is 19.7. The van der Waals surface area contributed by atoms with Gasteiger partial charge in [0.05, 0.1) is 7.11 Å². The molecule has 7 nitrogen and oxygen atoms in total. The van der Waals surface area contributed by atoms with Crippen molar-refractivity contribution in [1.29, 1.82) is 0 Å². The van der Waals surface area contributed by atoms with Crippen LogP contribution in [0.5, 0.6) is 5.75 Å². The van der Waals surface area contributed by atoms with E-state index in [4.69, 9.17) is 9.84 Å². The number of nitrogens with one attached hydrogen (secondary N) is 1. The zero-order valence-corrected chi connectivity index (χ0v) is 17.0. The van der Waals surface area contributed by atoms with Crippen molar-refractivity contribution in [3.63, 3.8) is 0 Å². The molecule has 3 heterocycles. The van der Waals surface area contributed by atoms with Crippen LogP contribution in [0, 0.1) is 5.92 Å². The quantitative estimate of drug-likeness (QED) is 0.709. The highest BCUT2D eigenvalue weighted by atomic mass is 16.5. The average Bonchev–Trinajstić information content (AvgIpc) is 3.07. The predicted octanol–water partition coefficient (Wildman–Crippen LogP) is 2.66. The zero-order valence-electron chi connectivity index (χ0n) is 17.0. The van der Waals surface area contributed by atoms with E-state index in [1.165, 1.54) is 5.56 Å². The van der Waals surface area contributed by atoms with E-state index in [1.807, 2.05) is 28.8 Å². The maximum absolute atomic E-state index is 5.20. The van der Waals surface area contributed by atoms with Crippen LogP contribution >= 0.6 is 0 Å². The molecule has 0 aliphatic carbocycles.